The Morgan fingerprint density at radius 1 is 1.12 bits per heavy atom. The van der Waals surface area contributed by atoms with Gasteiger partial charge in [0.1, 0.15) is 18.1 Å². The molecule has 1 N–H and O–H groups in total. The number of aromatic nitrogens is 2. The van der Waals surface area contributed by atoms with Crippen LogP contribution < -0.4 is 10.2 Å². The van der Waals surface area contributed by atoms with E-state index in [0.29, 0.717) is 11.6 Å². The zero-order valence-corrected chi connectivity index (χ0v) is 14.4. The summed E-state index contributed by atoms with van der Waals surface area (Å²) in [6, 6.07) is 14.9. The standard InChI is InChI=1S/C19H15ClN4O2/c20-16-5-1-15(2-6-16)13-26-17-7-3-14(4-8-17)11-23-24-19(25)18-12-21-9-10-22-18/h1-12H,13H2,(H,24,25)/b23-11-. The van der Waals surface area contributed by atoms with Gasteiger partial charge in [0.05, 0.1) is 12.4 Å². The number of nitrogens with one attached hydrogen (secondary N) is 1. The molecule has 6 nitrogen and oxygen atoms in total. The molecule has 130 valence electrons. The fourth-order valence-corrected chi connectivity index (χ4v) is 2.16. The molecule has 0 aliphatic heterocycles. The normalized spacial score (nSPS) is 10.7. The van der Waals surface area contributed by atoms with Crippen molar-refractivity contribution in [1.29, 1.82) is 0 Å². The van der Waals surface area contributed by atoms with Crippen LogP contribution in [0.25, 0.3) is 0 Å². The molecular weight excluding hydrogens is 352 g/mol. The average molecular weight is 367 g/mol. The Kier molecular flexibility index (Phi) is 5.90. The van der Waals surface area contributed by atoms with E-state index < -0.39 is 5.91 Å². The summed E-state index contributed by atoms with van der Waals surface area (Å²) in [6.07, 6.45) is 5.85. The maximum absolute atomic E-state index is 11.8. The van der Waals surface area contributed by atoms with Crippen LogP contribution >= 0.6 is 11.6 Å². The lowest BCUT2D eigenvalue weighted by Crippen LogP contribution is -2.19. The van der Waals surface area contributed by atoms with Crippen LogP contribution in [0.5, 0.6) is 5.75 Å². The van der Waals surface area contributed by atoms with Crippen molar-refractivity contribution < 1.29 is 9.53 Å². The second-order valence-electron chi connectivity index (χ2n) is 5.27. The van der Waals surface area contributed by atoms with Gasteiger partial charge in [0.25, 0.3) is 5.91 Å². The summed E-state index contributed by atoms with van der Waals surface area (Å²) in [5.41, 5.74) is 4.46. The van der Waals surface area contributed by atoms with E-state index in [-0.39, 0.29) is 5.69 Å². The predicted octanol–water partition coefficient (Wildman–Crippen LogP) is 3.47. The lowest BCUT2D eigenvalue weighted by molar-refractivity contribution is 0.0949. The van der Waals surface area contributed by atoms with Gasteiger partial charge >= 0.3 is 0 Å². The number of carbonyl (C=O) groups is 1. The van der Waals surface area contributed by atoms with E-state index in [4.69, 9.17) is 16.3 Å². The summed E-state index contributed by atoms with van der Waals surface area (Å²) in [6.45, 7) is 0.457. The van der Waals surface area contributed by atoms with E-state index in [0.717, 1.165) is 16.9 Å². The van der Waals surface area contributed by atoms with E-state index in [2.05, 4.69) is 20.5 Å². The molecule has 0 aliphatic carbocycles. The van der Waals surface area contributed by atoms with Crippen LogP contribution in [-0.2, 0) is 6.61 Å². The molecule has 0 unspecified atom stereocenters. The third-order valence-corrected chi connectivity index (χ3v) is 3.63. The van der Waals surface area contributed by atoms with Gasteiger partial charge in [0.2, 0.25) is 0 Å². The van der Waals surface area contributed by atoms with Gasteiger partial charge < -0.3 is 4.74 Å². The Morgan fingerprint density at radius 2 is 1.88 bits per heavy atom. The van der Waals surface area contributed by atoms with Crippen molar-refractivity contribution in [1.82, 2.24) is 15.4 Å². The lowest BCUT2D eigenvalue weighted by atomic mass is 10.2. The predicted molar refractivity (Wildman–Crippen MR) is 99.3 cm³/mol. The topological polar surface area (TPSA) is 76.5 Å². The van der Waals surface area contributed by atoms with E-state index >= 15 is 0 Å². The maximum Gasteiger partial charge on any atom is 0.291 e. The van der Waals surface area contributed by atoms with E-state index in [1.165, 1.54) is 24.8 Å². The van der Waals surface area contributed by atoms with Gasteiger partial charge in [0, 0.05) is 17.4 Å². The van der Waals surface area contributed by atoms with E-state index in [9.17, 15) is 4.79 Å². The highest BCUT2D eigenvalue weighted by Crippen LogP contribution is 2.15. The molecule has 26 heavy (non-hydrogen) atoms. The summed E-state index contributed by atoms with van der Waals surface area (Å²) in [4.78, 5) is 19.5. The second kappa shape index (κ2) is 8.73. The average Bonchev–Trinajstić information content (AvgIpc) is 2.69. The largest absolute Gasteiger partial charge is 0.489 e. The quantitative estimate of drug-likeness (QED) is 0.535. The third kappa shape index (κ3) is 5.12. The fourth-order valence-electron chi connectivity index (χ4n) is 2.04. The molecule has 1 aromatic heterocycles. The minimum Gasteiger partial charge on any atom is -0.489 e. The number of nitrogens with zero attached hydrogens (tertiary/aromatic N) is 3. The van der Waals surface area contributed by atoms with Gasteiger partial charge in [-0.05, 0) is 47.5 Å². The Morgan fingerprint density at radius 3 is 2.58 bits per heavy atom. The second-order valence-corrected chi connectivity index (χ2v) is 5.71. The van der Waals surface area contributed by atoms with E-state index in [1.807, 2.05) is 48.5 Å². The first-order valence-electron chi connectivity index (χ1n) is 7.77. The summed E-state index contributed by atoms with van der Waals surface area (Å²) in [7, 11) is 0. The zero-order chi connectivity index (χ0) is 18.2. The SMILES string of the molecule is O=C(N/N=C\c1ccc(OCc2ccc(Cl)cc2)cc1)c1cnccn1. The molecule has 2 aromatic carbocycles. The Balaban J connectivity index is 1.51. The van der Waals surface area contributed by atoms with Crippen molar-refractivity contribution in [2.45, 2.75) is 6.61 Å². The summed E-state index contributed by atoms with van der Waals surface area (Å²) in [5.74, 6) is 0.318. The van der Waals surface area contributed by atoms with Gasteiger partial charge in [-0.3, -0.25) is 9.78 Å². The number of hydrogen-bond donors (Lipinski definition) is 1. The van der Waals surface area contributed by atoms with Crippen LogP contribution in [0.3, 0.4) is 0 Å². The maximum atomic E-state index is 11.8. The highest BCUT2D eigenvalue weighted by molar-refractivity contribution is 6.30. The monoisotopic (exact) mass is 366 g/mol. The number of hydrogen-bond acceptors (Lipinski definition) is 5. The molecule has 0 bridgehead atoms. The molecule has 0 spiro atoms. The molecule has 0 saturated carbocycles. The van der Waals surface area contributed by atoms with Crippen LogP contribution in [0.15, 0.2) is 72.2 Å². The third-order valence-electron chi connectivity index (χ3n) is 3.37. The minimum atomic E-state index is -0.419. The first-order valence-corrected chi connectivity index (χ1v) is 8.15. The smallest absolute Gasteiger partial charge is 0.291 e. The number of carbonyl (C=O) groups excluding carboxylic acids is 1. The summed E-state index contributed by atoms with van der Waals surface area (Å²) in [5, 5.41) is 4.60. The fraction of sp³-hybridized carbons (Fsp3) is 0.0526. The van der Waals surface area contributed by atoms with Crippen LogP contribution in [0, 0.1) is 0 Å². The van der Waals surface area contributed by atoms with Crippen molar-refractivity contribution in [3.05, 3.63) is 89.0 Å². The molecule has 0 saturated heterocycles. The molecular formula is C19H15ClN4O2. The number of benzene rings is 2. The van der Waals surface area contributed by atoms with Crippen LogP contribution in [0.2, 0.25) is 5.02 Å². The molecule has 0 atom stereocenters. The van der Waals surface area contributed by atoms with Gasteiger partial charge in [-0.1, -0.05) is 23.7 Å². The van der Waals surface area contributed by atoms with Crippen LogP contribution in [0.4, 0.5) is 0 Å². The van der Waals surface area contributed by atoms with Gasteiger partial charge in [-0.15, -0.1) is 0 Å². The Bertz CT molecular complexity index is 882. The van der Waals surface area contributed by atoms with Crippen molar-refractivity contribution >= 4 is 23.7 Å². The molecule has 0 radical (unpaired) electrons. The van der Waals surface area contributed by atoms with E-state index in [1.54, 1.807) is 0 Å². The molecule has 3 aromatic rings. The highest BCUT2D eigenvalue weighted by Gasteiger charge is 2.04. The number of hydrazone groups is 1. The molecule has 1 heterocycles. The number of halogens is 1. The minimum absolute atomic E-state index is 0.204. The van der Waals surface area contributed by atoms with Crippen molar-refractivity contribution in [3.63, 3.8) is 0 Å². The molecule has 1 amide bonds. The number of ether oxygens (including phenoxy) is 1. The molecule has 0 fully saturated rings. The molecule has 0 aliphatic rings. The van der Waals surface area contributed by atoms with Crippen molar-refractivity contribution in [2.24, 2.45) is 5.10 Å². The first-order chi connectivity index (χ1) is 12.7. The number of rotatable bonds is 6. The molecule has 7 heteroatoms. The van der Waals surface area contributed by atoms with Gasteiger partial charge in [0.15, 0.2) is 0 Å². The summed E-state index contributed by atoms with van der Waals surface area (Å²) >= 11 is 5.86. The first kappa shape index (κ1) is 17.6. The molecule has 3 rings (SSSR count). The Labute approximate surface area is 155 Å². The zero-order valence-electron chi connectivity index (χ0n) is 13.7. The lowest BCUT2D eigenvalue weighted by Gasteiger charge is -2.06. The van der Waals surface area contributed by atoms with Crippen LogP contribution in [0.1, 0.15) is 21.6 Å². The van der Waals surface area contributed by atoms with Crippen molar-refractivity contribution in [3.8, 4) is 5.75 Å². The van der Waals surface area contributed by atoms with Gasteiger partial charge in [-0.25, -0.2) is 10.4 Å². The Hall–Kier alpha value is -3.25. The number of amides is 1. The van der Waals surface area contributed by atoms with Gasteiger partial charge in [-0.2, -0.15) is 5.10 Å². The summed E-state index contributed by atoms with van der Waals surface area (Å²) < 4.78 is 5.71. The van der Waals surface area contributed by atoms with Crippen molar-refractivity contribution in [2.75, 3.05) is 0 Å². The highest BCUT2D eigenvalue weighted by atomic mass is 35.5. The van der Waals surface area contributed by atoms with Crippen LogP contribution in [-0.4, -0.2) is 22.1 Å².